The van der Waals surface area contributed by atoms with Crippen molar-refractivity contribution in [1.29, 1.82) is 0 Å². The van der Waals surface area contributed by atoms with Crippen LogP contribution in [0.4, 0.5) is 4.39 Å². The summed E-state index contributed by atoms with van der Waals surface area (Å²) >= 11 is 0. The minimum atomic E-state index is -0.679. The molecule has 0 atom stereocenters. The van der Waals surface area contributed by atoms with Crippen LogP contribution in [0.2, 0.25) is 0 Å². The van der Waals surface area contributed by atoms with Crippen molar-refractivity contribution in [3.05, 3.63) is 71.0 Å². The molecular formula is C24H26FN3O3. The number of carbonyl (C=O) groups is 3. The molecule has 4 rings (SSSR count). The van der Waals surface area contributed by atoms with Crippen LogP contribution in [0.5, 0.6) is 0 Å². The van der Waals surface area contributed by atoms with E-state index in [1.165, 1.54) is 13.0 Å². The summed E-state index contributed by atoms with van der Waals surface area (Å²) < 4.78 is 13.9. The molecule has 2 aliphatic rings. The number of benzene rings is 2. The van der Waals surface area contributed by atoms with Crippen molar-refractivity contribution < 1.29 is 18.8 Å². The second-order valence-corrected chi connectivity index (χ2v) is 8.32. The summed E-state index contributed by atoms with van der Waals surface area (Å²) in [7, 11) is 0. The Kier molecular flexibility index (Phi) is 5.76. The molecule has 1 N–H and O–H groups in total. The van der Waals surface area contributed by atoms with Gasteiger partial charge in [-0.15, -0.1) is 0 Å². The van der Waals surface area contributed by atoms with Gasteiger partial charge in [-0.3, -0.25) is 14.4 Å². The largest absolute Gasteiger partial charge is 0.352 e. The maximum atomic E-state index is 13.9. The third kappa shape index (κ3) is 4.17. The van der Waals surface area contributed by atoms with E-state index >= 15 is 0 Å². The van der Waals surface area contributed by atoms with Crippen molar-refractivity contribution in [2.75, 3.05) is 13.1 Å². The predicted octanol–water partition coefficient (Wildman–Crippen LogP) is 2.87. The maximum Gasteiger partial charge on any atom is 0.254 e. The van der Waals surface area contributed by atoms with Gasteiger partial charge in [-0.2, -0.15) is 0 Å². The second kappa shape index (κ2) is 8.49. The highest BCUT2D eigenvalue weighted by Crippen LogP contribution is 2.38. The van der Waals surface area contributed by atoms with E-state index in [4.69, 9.17) is 0 Å². The smallest absolute Gasteiger partial charge is 0.254 e. The van der Waals surface area contributed by atoms with Crippen LogP contribution in [0.3, 0.4) is 0 Å². The van der Waals surface area contributed by atoms with E-state index < -0.39 is 5.54 Å². The highest BCUT2D eigenvalue weighted by molar-refractivity contribution is 5.99. The van der Waals surface area contributed by atoms with Gasteiger partial charge in [-0.1, -0.05) is 36.4 Å². The first kappa shape index (κ1) is 21.0. The Morgan fingerprint density at radius 2 is 1.74 bits per heavy atom. The van der Waals surface area contributed by atoms with E-state index in [-0.39, 0.29) is 36.5 Å². The Hall–Kier alpha value is -3.22. The maximum absolute atomic E-state index is 13.9. The SMILES string of the molecule is CC(=O)N1CCC(CC(=O)NCc2ccccc2F)(N2Cc3ccccc3C2=O)CC1. The van der Waals surface area contributed by atoms with E-state index in [0.717, 1.165) is 5.56 Å². The van der Waals surface area contributed by atoms with E-state index in [9.17, 15) is 18.8 Å². The number of carbonyl (C=O) groups excluding carboxylic acids is 3. The molecule has 7 heteroatoms. The fraction of sp³-hybridized carbons (Fsp3) is 0.375. The third-order valence-corrected chi connectivity index (χ3v) is 6.46. The van der Waals surface area contributed by atoms with E-state index in [0.29, 0.717) is 43.6 Å². The first-order chi connectivity index (χ1) is 14.9. The molecule has 0 spiro atoms. The minimum absolute atomic E-state index is 0.00589. The van der Waals surface area contributed by atoms with Gasteiger partial charge in [-0.25, -0.2) is 4.39 Å². The molecule has 2 aromatic carbocycles. The van der Waals surface area contributed by atoms with Gasteiger partial charge in [0, 0.05) is 44.2 Å². The van der Waals surface area contributed by atoms with E-state index in [1.807, 2.05) is 24.3 Å². The third-order valence-electron chi connectivity index (χ3n) is 6.46. The Morgan fingerprint density at radius 1 is 1.06 bits per heavy atom. The van der Waals surface area contributed by atoms with E-state index in [1.54, 1.807) is 28.0 Å². The molecule has 3 amide bonds. The molecule has 2 aromatic rings. The summed E-state index contributed by atoms with van der Waals surface area (Å²) in [5.41, 5.74) is 1.36. The molecule has 0 radical (unpaired) electrons. The van der Waals surface area contributed by atoms with Crippen molar-refractivity contribution in [2.45, 2.75) is 44.8 Å². The molecule has 162 valence electrons. The standard InChI is InChI=1S/C24H26FN3O3/c1-17(29)27-12-10-24(11-13-27,28-16-19-7-2-4-8-20(19)23(28)31)14-22(30)26-15-18-6-3-5-9-21(18)25/h2-9H,10-16H2,1H3,(H,26,30). The van der Waals surface area contributed by atoms with Crippen LogP contribution >= 0.6 is 0 Å². The van der Waals surface area contributed by atoms with Crippen LogP contribution in [-0.2, 0) is 22.7 Å². The Bertz CT molecular complexity index is 1010. The van der Waals surface area contributed by atoms with Crippen molar-refractivity contribution in [2.24, 2.45) is 0 Å². The topological polar surface area (TPSA) is 69.7 Å². The number of halogens is 1. The minimum Gasteiger partial charge on any atom is -0.352 e. The Balaban J connectivity index is 1.52. The van der Waals surface area contributed by atoms with Gasteiger partial charge in [-0.05, 0) is 30.5 Å². The summed E-state index contributed by atoms with van der Waals surface area (Å²) in [5.74, 6) is -0.678. The zero-order valence-electron chi connectivity index (χ0n) is 17.6. The molecule has 0 aliphatic carbocycles. The summed E-state index contributed by atoms with van der Waals surface area (Å²) in [6.07, 6.45) is 1.17. The monoisotopic (exact) mass is 423 g/mol. The van der Waals surface area contributed by atoms with Crippen LogP contribution in [0.25, 0.3) is 0 Å². The lowest BCUT2D eigenvalue weighted by molar-refractivity contribution is -0.132. The first-order valence-electron chi connectivity index (χ1n) is 10.6. The van der Waals surface area contributed by atoms with Gasteiger partial charge in [0.05, 0.1) is 12.0 Å². The molecule has 1 saturated heterocycles. The number of fused-ring (bicyclic) bond motifs is 1. The first-order valence-corrected chi connectivity index (χ1v) is 10.6. The van der Waals surface area contributed by atoms with Crippen LogP contribution in [0.1, 0.15) is 47.7 Å². The van der Waals surface area contributed by atoms with E-state index in [2.05, 4.69) is 5.32 Å². The molecule has 2 heterocycles. The number of nitrogens with zero attached hydrogens (tertiary/aromatic N) is 2. The zero-order chi connectivity index (χ0) is 22.0. The molecule has 0 unspecified atom stereocenters. The molecule has 2 aliphatic heterocycles. The fourth-order valence-corrected chi connectivity index (χ4v) is 4.61. The van der Waals surface area contributed by atoms with Crippen LogP contribution < -0.4 is 5.32 Å². The molecule has 0 aromatic heterocycles. The van der Waals surface area contributed by atoms with Gasteiger partial charge < -0.3 is 15.1 Å². The van der Waals surface area contributed by atoms with Crippen LogP contribution in [0, 0.1) is 5.82 Å². The number of nitrogens with one attached hydrogen (secondary N) is 1. The molecule has 6 nitrogen and oxygen atoms in total. The number of hydrogen-bond acceptors (Lipinski definition) is 3. The van der Waals surface area contributed by atoms with Crippen molar-refractivity contribution in [3.63, 3.8) is 0 Å². The highest BCUT2D eigenvalue weighted by Gasteiger charge is 2.47. The average molecular weight is 423 g/mol. The van der Waals surface area contributed by atoms with Gasteiger partial charge in [0.25, 0.3) is 5.91 Å². The zero-order valence-corrected chi connectivity index (χ0v) is 17.6. The van der Waals surface area contributed by atoms with Gasteiger partial charge in [0.15, 0.2) is 0 Å². The number of amides is 3. The summed E-state index contributed by atoms with van der Waals surface area (Å²) in [4.78, 5) is 41.5. The van der Waals surface area contributed by atoms with Crippen molar-refractivity contribution >= 4 is 17.7 Å². The van der Waals surface area contributed by atoms with Crippen molar-refractivity contribution in [3.8, 4) is 0 Å². The predicted molar refractivity (Wildman–Crippen MR) is 113 cm³/mol. The molecule has 1 fully saturated rings. The van der Waals surface area contributed by atoms with Gasteiger partial charge >= 0.3 is 0 Å². The normalized spacial score (nSPS) is 17.4. The number of piperidine rings is 1. The summed E-state index contributed by atoms with van der Waals surface area (Å²) in [6, 6.07) is 13.8. The Labute approximate surface area is 181 Å². The van der Waals surface area contributed by atoms with Crippen LogP contribution in [0.15, 0.2) is 48.5 Å². The number of likely N-dealkylation sites (tertiary alicyclic amines) is 1. The second-order valence-electron chi connectivity index (χ2n) is 8.32. The van der Waals surface area contributed by atoms with Gasteiger partial charge in [0.1, 0.15) is 5.82 Å². The summed E-state index contributed by atoms with van der Waals surface area (Å²) in [6.45, 7) is 3.07. The van der Waals surface area contributed by atoms with Crippen LogP contribution in [-0.4, -0.2) is 46.1 Å². The highest BCUT2D eigenvalue weighted by atomic mass is 19.1. The lowest BCUT2D eigenvalue weighted by atomic mass is 9.82. The average Bonchev–Trinajstić information content (AvgIpc) is 3.11. The fourth-order valence-electron chi connectivity index (χ4n) is 4.61. The molecule has 0 bridgehead atoms. The lowest BCUT2D eigenvalue weighted by Crippen LogP contribution is -2.57. The lowest BCUT2D eigenvalue weighted by Gasteiger charge is -2.47. The molecular weight excluding hydrogens is 397 g/mol. The number of rotatable bonds is 5. The van der Waals surface area contributed by atoms with Crippen molar-refractivity contribution in [1.82, 2.24) is 15.1 Å². The molecule has 0 saturated carbocycles. The quantitative estimate of drug-likeness (QED) is 0.804. The molecule has 31 heavy (non-hydrogen) atoms. The van der Waals surface area contributed by atoms with Gasteiger partial charge in [0.2, 0.25) is 11.8 Å². The Morgan fingerprint density at radius 3 is 2.42 bits per heavy atom. The number of hydrogen-bond donors (Lipinski definition) is 1. The summed E-state index contributed by atoms with van der Waals surface area (Å²) in [5, 5.41) is 2.81.